The second kappa shape index (κ2) is 8.43. The molecule has 4 fully saturated rings. The number of carbonyl (C=O) groups excluding carboxylic acids is 3. The molecule has 1 aliphatic carbocycles. The van der Waals surface area contributed by atoms with Gasteiger partial charge in [0.25, 0.3) is 5.91 Å². The lowest BCUT2D eigenvalue weighted by atomic mass is 10.0. The Hall–Kier alpha value is -3.29. The summed E-state index contributed by atoms with van der Waals surface area (Å²) < 4.78 is 6.96. The molecule has 1 N–H and O–H groups in total. The number of Topliss-reactive ketones (excluding diaryl/α,β-unsaturated/α-hetero) is 1. The van der Waals surface area contributed by atoms with Crippen molar-refractivity contribution in [3.63, 3.8) is 0 Å². The van der Waals surface area contributed by atoms with Gasteiger partial charge in [-0.05, 0) is 17.0 Å². The minimum absolute atomic E-state index is 0.136. The lowest BCUT2D eigenvalue weighted by Gasteiger charge is -2.41. The van der Waals surface area contributed by atoms with Crippen molar-refractivity contribution in [3.8, 4) is 0 Å². The van der Waals surface area contributed by atoms with Gasteiger partial charge in [0.15, 0.2) is 11.6 Å². The summed E-state index contributed by atoms with van der Waals surface area (Å²) in [6.07, 6.45) is 0.956. The molecule has 4 bridgehead atoms. The standard InChI is InChI=1S/C28H26N2O4S/c31-23(19-8-3-1-4-9-19)17-30-14-13-21-22(16-30)28(21,18-30)34-27(33)25(20-10-5-2-6-11-20)29-26(32)24-12-7-15-35-24/h1-12,15,21-22,25H,13-14,16-18H2/p+1/t21?,22?,25?,28-,30?/m1/s1. The molecule has 4 heterocycles. The van der Waals surface area contributed by atoms with E-state index < -0.39 is 17.6 Å². The van der Waals surface area contributed by atoms with E-state index in [0.29, 0.717) is 33.9 Å². The minimum Gasteiger partial charge on any atom is -0.450 e. The van der Waals surface area contributed by atoms with Gasteiger partial charge in [0.05, 0.1) is 23.9 Å². The number of ketones is 1. The molecule has 0 spiro atoms. The van der Waals surface area contributed by atoms with Crippen molar-refractivity contribution in [3.05, 3.63) is 94.2 Å². The van der Waals surface area contributed by atoms with Crippen LogP contribution in [-0.4, -0.2) is 53.9 Å². The number of amides is 1. The van der Waals surface area contributed by atoms with E-state index in [1.165, 1.54) is 11.3 Å². The Kier molecular flexibility index (Phi) is 5.34. The van der Waals surface area contributed by atoms with Crippen molar-refractivity contribution in [1.29, 1.82) is 0 Å². The first-order valence-electron chi connectivity index (χ1n) is 12.1. The molecule has 1 amide bonds. The Balaban J connectivity index is 1.20. The molecule has 4 unspecified atom stereocenters. The maximum Gasteiger partial charge on any atom is 0.334 e. The number of carbonyl (C=O) groups is 3. The summed E-state index contributed by atoms with van der Waals surface area (Å²) in [4.78, 5) is 39.9. The van der Waals surface area contributed by atoms with Crippen LogP contribution in [0, 0.1) is 11.8 Å². The smallest absolute Gasteiger partial charge is 0.334 e. The highest BCUT2D eigenvalue weighted by Gasteiger charge is 2.81. The summed E-state index contributed by atoms with van der Waals surface area (Å²) in [7, 11) is 0. The number of thiophene rings is 1. The van der Waals surface area contributed by atoms with E-state index in [-0.39, 0.29) is 17.6 Å². The number of quaternary nitrogens is 1. The zero-order valence-electron chi connectivity index (χ0n) is 19.3. The van der Waals surface area contributed by atoms with Gasteiger partial charge >= 0.3 is 5.97 Å². The maximum atomic E-state index is 13.6. The normalized spacial score (nSPS) is 28.7. The van der Waals surface area contributed by atoms with Gasteiger partial charge in [0.2, 0.25) is 5.78 Å². The average Bonchev–Trinajstić information content (AvgIpc) is 3.22. The third kappa shape index (κ3) is 3.89. The molecule has 7 heteroatoms. The van der Waals surface area contributed by atoms with Crippen molar-refractivity contribution in [2.75, 3.05) is 26.2 Å². The number of hydrogen-bond donors (Lipinski definition) is 1. The first-order valence-corrected chi connectivity index (χ1v) is 12.9. The molecule has 1 aromatic heterocycles. The van der Waals surface area contributed by atoms with Gasteiger partial charge in [0.1, 0.15) is 13.1 Å². The zero-order valence-corrected chi connectivity index (χ0v) is 20.1. The van der Waals surface area contributed by atoms with Crippen LogP contribution in [-0.2, 0) is 9.53 Å². The second-order valence-electron chi connectivity index (χ2n) is 10.0. The number of piperidine rings is 3. The van der Waals surface area contributed by atoms with E-state index in [0.717, 1.165) is 25.1 Å². The van der Waals surface area contributed by atoms with Crippen LogP contribution in [0.3, 0.4) is 0 Å². The zero-order chi connectivity index (χ0) is 24.0. The summed E-state index contributed by atoms with van der Waals surface area (Å²) in [5, 5.41) is 4.73. The number of benzene rings is 2. The Labute approximate surface area is 208 Å². The van der Waals surface area contributed by atoms with Crippen LogP contribution >= 0.6 is 11.3 Å². The summed E-state index contributed by atoms with van der Waals surface area (Å²) in [6.45, 7) is 2.92. The fraction of sp³-hybridized carbons (Fsp3) is 0.321. The van der Waals surface area contributed by atoms with Crippen molar-refractivity contribution in [1.82, 2.24) is 5.32 Å². The van der Waals surface area contributed by atoms with Crippen LogP contribution in [0.4, 0.5) is 0 Å². The summed E-state index contributed by atoms with van der Waals surface area (Å²) in [5.41, 5.74) is 0.907. The highest BCUT2D eigenvalue weighted by Crippen LogP contribution is 2.65. The Bertz CT molecular complexity index is 1260. The minimum atomic E-state index is -0.880. The molecular formula is C28H27N2O4S+. The lowest BCUT2D eigenvalue weighted by molar-refractivity contribution is -0.922. The fourth-order valence-electron chi connectivity index (χ4n) is 6.31. The third-order valence-corrected chi connectivity index (χ3v) is 8.84. The number of nitrogens with one attached hydrogen (secondary N) is 1. The van der Waals surface area contributed by atoms with Crippen LogP contribution < -0.4 is 5.32 Å². The number of fused-ring (bicyclic) bond motifs is 1. The van der Waals surface area contributed by atoms with E-state index in [4.69, 9.17) is 4.74 Å². The predicted octanol–water partition coefficient (Wildman–Crippen LogP) is 3.86. The van der Waals surface area contributed by atoms with Gasteiger partial charge in [-0.1, -0.05) is 66.7 Å². The van der Waals surface area contributed by atoms with Crippen LogP contribution in [0.25, 0.3) is 0 Å². The van der Waals surface area contributed by atoms with Gasteiger partial charge < -0.3 is 14.5 Å². The van der Waals surface area contributed by atoms with Crippen LogP contribution in [0.5, 0.6) is 0 Å². The largest absolute Gasteiger partial charge is 0.450 e. The van der Waals surface area contributed by atoms with E-state index in [1.807, 2.05) is 72.1 Å². The first kappa shape index (κ1) is 22.2. The molecule has 3 aromatic rings. The van der Waals surface area contributed by atoms with Gasteiger partial charge in [-0.2, -0.15) is 0 Å². The molecule has 6 nitrogen and oxygen atoms in total. The van der Waals surface area contributed by atoms with Gasteiger partial charge in [-0.15, -0.1) is 11.3 Å². The molecule has 4 aliphatic rings. The molecule has 178 valence electrons. The first-order chi connectivity index (χ1) is 17.0. The molecule has 2 aromatic carbocycles. The highest BCUT2D eigenvalue weighted by atomic mass is 32.1. The monoisotopic (exact) mass is 487 g/mol. The van der Waals surface area contributed by atoms with E-state index in [9.17, 15) is 14.4 Å². The molecule has 1 saturated carbocycles. The number of hydrogen-bond acceptors (Lipinski definition) is 5. The van der Waals surface area contributed by atoms with E-state index >= 15 is 0 Å². The van der Waals surface area contributed by atoms with Crippen molar-refractivity contribution in [2.45, 2.75) is 18.1 Å². The quantitative estimate of drug-likeness (QED) is 0.298. The van der Waals surface area contributed by atoms with Crippen LogP contribution in [0.1, 0.15) is 38.1 Å². The lowest BCUT2D eigenvalue weighted by Crippen LogP contribution is -2.57. The number of nitrogens with zero attached hydrogens (tertiary/aromatic N) is 1. The molecule has 35 heavy (non-hydrogen) atoms. The summed E-state index contributed by atoms with van der Waals surface area (Å²) >= 11 is 1.33. The fourth-order valence-corrected chi connectivity index (χ4v) is 6.94. The topological polar surface area (TPSA) is 72.5 Å². The number of esters is 1. The second-order valence-corrected chi connectivity index (χ2v) is 11.0. The molecule has 7 rings (SSSR count). The summed E-state index contributed by atoms with van der Waals surface area (Å²) in [5.74, 6) is 0.0577. The molecule has 3 aliphatic heterocycles. The Morgan fingerprint density at radius 2 is 1.74 bits per heavy atom. The number of rotatable bonds is 8. The van der Waals surface area contributed by atoms with Gasteiger partial charge in [-0.25, -0.2) is 4.79 Å². The van der Waals surface area contributed by atoms with E-state index in [1.54, 1.807) is 6.07 Å². The highest BCUT2D eigenvalue weighted by molar-refractivity contribution is 7.12. The third-order valence-electron chi connectivity index (χ3n) is 7.97. The van der Waals surface area contributed by atoms with Gasteiger partial charge in [-0.3, -0.25) is 9.59 Å². The summed E-state index contributed by atoms with van der Waals surface area (Å²) in [6, 6.07) is 21.3. The van der Waals surface area contributed by atoms with Crippen molar-refractivity contribution in [2.24, 2.45) is 11.8 Å². The predicted molar refractivity (Wildman–Crippen MR) is 132 cm³/mol. The maximum absolute atomic E-state index is 13.6. The Morgan fingerprint density at radius 3 is 2.46 bits per heavy atom. The van der Waals surface area contributed by atoms with Crippen molar-refractivity contribution >= 4 is 29.0 Å². The molecule has 5 atom stereocenters. The molecular weight excluding hydrogens is 460 g/mol. The van der Waals surface area contributed by atoms with Gasteiger partial charge in [0, 0.05) is 17.9 Å². The van der Waals surface area contributed by atoms with Crippen LogP contribution in [0.2, 0.25) is 0 Å². The SMILES string of the molecule is O=C(C[N+]12CCC3C(C1)[C@@]3(OC(=O)C(NC(=O)c1cccs1)c1ccccc1)C2)c1ccccc1. The number of ether oxygens (including phenoxy) is 1. The molecule has 0 radical (unpaired) electrons. The molecule has 3 saturated heterocycles. The Morgan fingerprint density at radius 1 is 1.00 bits per heavy atom. The van der Waals surface area contributed by atoms with Crippen molar-refractivity contribution < 1.29 is 23.6 Å². The van der Waals surface area contributed by atoms with E-state index in [2.05, 4.69) is 5.32 Å². The van der Waals surface area contributed by atoms with Crippen LogP contribution in [0.15, 0.2) is 78.2 Å². The average molecular weight is 488 g/mol.